The second kappa shape index (κ2) is 2.21. The molecular weight excluding hydrogens is 124 g/mol. The first kappa shape index (κ1) is 6.62. The molecule has 0 radical (unpaired) electrons. The number of nitrogens with two attached hydrogens (primary N) is 1. The van der Waals surface area contributed by atoms with Crippen LogP contribution in [0.4, 0.5) is 0 Å². The molecule has 0 amide bonds. The third-order valence-electron chi connectivity index (χ3n) is 2.80. The first-order valence-electron chi connectivity index (χ1n) is 4.23. The monoisotopic (exact) mass is 140 g/mol. The third-order valence-corrected chi connectivity index (χ3v) is 2.80. The van der Waals surface area contributed by atoms with Crippen molar-refractivity contribution in [3.05, 3.63) is 0 Å². The lowest BCUT2D eigenvalue weighted by molar-refractivity contribution is 0.283. The lowest BCUT2D eigenvalue weighted by atomic mass is 10.1. The summed E-state index contributed by atoms with van der Waals surface area (Å²) in [5, 5.41) is 0. The zero-order valence-corrected chi connectivity index (χ0v) is 6.59. The molecule has 1 aliphatic heterocycles. The summed E-state index contributed by atoms with van der Waals surface area (Å²) in [6, 6.07) is 1.28. The van der Waals surface area contributed by atoms with E-state index >= 15 is 0 Å². The average molecular weight is 140 g/mol. The molecule has 2 unspecified atom stereocenters. The molecule has 10 heavy (non-hydrogen) atoms. The van der Waals surface area contributed by atoms with Crippen LogP contribution in [0.3, 0.4) is 0 Å². The Labute approximate surface area is 62.4 Å². The molecule has 0 aromatic heterocycles. The zero-order chi connectivity index (χ0) is 7.14. The SMILES string of the molecule is CN1CC(N)CC1C1CC1. The van der Waals surface area contributed by atoms with Gasteiger partial charge in [0.1, 0.15) is 0 Å². The molecule has 0 aromatic carbocycles. The van der Waals surface area contributed by atoms with Crippen LogP contribution in [0, 0.1) is 5.92 Å². The number of hydrogen-bond acceptors (Lipinski definition) is 2. The van der Waals surface area contributed by atoms with E-state index in [4.69, 9.17) is 5.73 Å². The van der Waals surface area contributed by atoms with Gasteiger partial charge in [0.2, 0.25) is 0 Å². The van der Waals surface area contributed by atoms with Gasteiger partial charge in [-0.2, -0.15) is 0 Å². The van der Waals surface area contributed by atoms with Crippen LogP contribution in [-0.2, 0) is 0 Å². The van der Waals surface area contributed by atoms with Crippen molar-refractivity contribution in [1.82, 2.24) is 4.90 Å². The molecule has 0 aromatic rings. The van der Waals surface area contributed by atoms with E-state index in [9.17, 15) is 0 Å². The topological polar surface area (TPSA) is 29.3 Å². The van der Waals surface area contributed by atoms with Crippen molar-refractivity contribution in [2.75, 3.05) is 13.6 Å². The van der Waals surface area contributed by atoms with Gasteiger partial charge in [-0.25, -0.2) is 0 Å². The van der Waals surface area contributed by atoms with E-state index in [-0.39, 0.29) is 0 Å². The van der Waals surface area contributed by atoms with Gasteiger partial charge < -0.3 is 10.6 Å². The maximum atomic E-state index is 5.84. The van der Waals surface area contributed by atoms with Crippen molar-refractivity contribution < 1.29 is 0 Å². The molecule has 1 saturated heterocycles. The Kier molecular flexibility index (Phi) is 1.46. The summed E-state index contributed by atoms with van der Waals surface area (Å²) in [6.45, 7) is 1.11. The maximum Gasteiger partial charge on any atom is 0.0182 e. The highest BCUT2D eigenvalue weighted by molar-refractivity contribution is 4.94. The molecule has 0 bridgehead atoms. The first-order chi connectivity index (χ1) is 4.77. The van der Waals surface area contributed by atoms with Crippen molar-refractivity contribution in [3.8, 4) is 0 Å². The van der Waals surface area contributed by atoms with Crippen LogP contribution in [0.5, 0.6) is 0 Å². The second-order valence-corrected chi connectivity index (χ2v) is 3.84. The van der Waals surface area contributed by atoms with E-state index in [0.29, 0.717) is 6.04 Å². The molecule has 2 aliphatic rings. The summed E-state index contributed by atoms with van der Waals surface area (Å²) >= 11 is 0. The summed E-state index contributed by atoms with van der Waals surface area (Å²) in [5.74, 6) is 0.999. The maximum absolute atomic E-state index is 5.84. The Morgan fingerprint density at radius 1 is 1.40 bits per heavy atom. The molecule has 1 aliphatic carbocycles. The normalized spacial score (nSPS) is 42.6. The summed E-state index contributed by atoms with van der Waals surface area (Å²) < 4.78 is 0. The summed E-state index contributed by atoms with van der Waals surface area (Å²) in [7, 11) is 2.20. The van der Waals surface area contributed by atoms with E-state index in [1.165, 1.54) is 19.3 Å². The Bertz CT molecular complexity index is 131. The second-order valence-electron chi connectivity index (χ2n) is 3.84. The Balaban J connectivity index is 1.95. The fraction of sp³-hybridized carbons (Fsp3) is 1.00. The Morgan fingerprint density at radius 2 is 2.10 bits per heavy atom. The van der Waals surface area contributed by atoms with E-state index in [0.717, 1.165) is 18.5 Å². The van der Waals surface area contributed by atoms with Crippen LogP contribution in [0.2, 0.25) is 0 Å². The summed E-state index contributed by atoms with van der Waals surface area (Å²) in [4.78, 5) is 2.43. The van der Waals surface area contributed by atoms with Crippen molar-refractivity contribution in [3.63, 3.8) is 0 Å². The third kappa shape index (κ3) is 1.06. The van der Waals surface area contributed by atoms with Crippen molar-refractivity contribution in [1.29, 1.82) is 0 Å². The average Bonchev–Trinajstić information content (AvgIpc) is 2.61. The fourth-order valence-corrected chi connectivity index (χ4v) is 2.10. The van der Waals surface area contributed by atoms with Crippen LogP contribution < -0.4 is 5.73 Å². The Morgan fingerprint density at radius 3 is 2.50 bits per heavy atom. The molecule has 2 nitrogen and oxygen atoms in total. The number of hydrogen-bond donors (Lipinski definition) is 1. The quantitative estimate of drug-likeness (QED) is 0.572. The first-order valence-corrected chi connectivity index (χ1v) is 4.23. The van der Waals surface area contributed by atoms with Crippen molar-refractivity contribution in [2.45, 2.75) is 31.3 Å². The molecule has 2 heteroatoms. The van der Waals surface area contributed by atoms with Gasteiger partial charge in [-0.3, -0.25) is 0 Å². The number of likely N-dealkylation sites (N-methyl/N-ethyl adjacent to an activating group) is 1. The molecule has 1 heterocycles. The number of nitrogens with zero attached hydrogens (tertiary/aromatic N) is 1. The number of rotatable bonds is 1. The molecule has 2 atom stereocenters. The highest BCUT2D eigenvalue weighted by atomic mass is 15.2. The molecule has 2 rings (SSSR count). The lowest BCUT2D eigenvalue weighted by Gasteiger charge is -2.17. The fourth-order valence-electron chi connectivity index (χ4n) is 2.10. The van der Waals surface area contributed by atoms with E-state index in [1.54, 1.807) is 0 Å². The highest BCUT2D eigenvalue weighted by Gasteiger charge is 2.38. The molecule has 1 saturated carbocycles. The van der Waals surface area contributed by atoms with Crippen LogP contribution in [0.1, 0.15) is 19.3 Å². The van der Waals surface area contributed by atoms with Gasteiger partial charge >= 0.3 is 0 Å². The van der Waals surface area contributed by atoms with Gasteiger partial charge in [0.25, 0.3) is 0 Å². The predicted molar refractivity (Wildman–Crippen MR) is 41.7 cm³/mol. The lowest BCUT2D eigenvalue weighted by Crippen LogP contribution is -2.27. The summed E-state index contributed by atoms with van der Waals surface area (Å²) in [6.07, 6.45) is 4.13. The van der Waals surface area contributed by atoms with E-state index in [2.05, 4.69) is 11.9 Å². The molecule has 0 spiro atoms. The van der Waals surface area contributed by atoms with Gasteiger partial charge in [0.05, 0.1) is 0 Å². The van der Waals surface area contributed by atoms with Crippen LogP contribution >= 0.6 is 0 Å². The van der Waals surface area contributed by atoms with Gasteiger partial charge in [-0.15, -0.1) is 0 Å². The molecule has 58 valence electrons. The molecule has 2 fully saturated rings. The predicted octanol–water partition coefficient (Wildman–Crippen LogP) is 0.428. The van der Waals surface area contributed by atoms with Gasteiger partial charge in [-0.05, 0) is 32.2 Å². The van der Waals surface area contributed by atoms with E-state index < -0.39 is 0 Å². The van der Waals surface area contributed by atoms with Crippen molar-refractivity contribution in [2.24, 2.45) is 11.7 Å². The standard InChI is InChI=1S/C8H16N2/c1-10-5-7(9)4-8(10)6-2-3-6/h6-8H,2-5,9H2,1H3. The van der Waals surface area contributed by atoms with E-state index in [1.807, 2.05) is 0 Å². The van der Waals surface area contributed by atoms with Crippen LogP contribution in [0.25, 0.3) is 0 Å². The van der Waals surface area contributed by atoms with Gasteiger partial charge in [0, 0.05) is 18.6 Å². The summed E-state index contributed by atoms with van der Waals surface area (Å²) in [5.41, 5.74) is 5.84. The smallest absolute Gasteiger partial charge is 0.0182 e. The van der Waals surface area contributed by atoms with Gasteiger partial charge in [0.15, 0.2) is 0 Å². The van der Waals surface area contributed by atoms with Crippen LogP contribution in [0.15, 0.2) is 0 Å². The zero-order valence-electron chi connectivity index (χ0n) is 6.59. The largest absolute Gasteiger partial charge is 0.326 e. The van der Waals surface area contributed by atoms with Crippen LogP contribution in [-0.4, -0.2) is 30.6 Å². The molecule has 2 N–H and O–H groups in total. The number of likely N-dealkylation sites (tertiary alicyclic amines) is 1. The molecular formula is C8H16N2. The highest BCUT2D eigenvalue weighted by Crippen LogP contribution is 2.38. The minimum atomic E-state index is 0.454. The minimum absolute atomic E-state index is 0.454. The Hall–Kier alpha value is -0.0800. The minimum Gasteiger partial charge on any atom is -0.326 e. The van der Waals surface area contributed by atoms with Crippen molar-refractivity contribution >= 4 is 0 Å². The van der Waals surface area contributed by atoms with Gasteiger partial charge in [-0.1, -0.05) is 0 Å².